The highest BCUT2D eigenvalue weighted by molar-refractivity contribution is 5.89. The Morgan fingerprint density at radius 2 is 1.31 bits per heavy atom. The number of allylic oxidation sites excluding steroid dienone is 1. The van der Waals surface area contributed by atoms with Gasteiger partial charge in [0.15, 0.2) is 0 Å². The molecule has 0 radical (unpaired) electrons. The Balaban J connectivity index is 1.47. The van der Waals surface area contributed by atoms with Crippen LogP contribution < -0.4 is 0 Å². The van der Waals surface area contributed by atoms with Crippen molar-refractivity contribution in [2.75, 3.05) is 6.61 Å². The number of carbonyl (C=O) groups excluding carboxylic acids is 2. The zero-order valence-electron chi connectivity index (χ0n) is 14.8. The van der Waals surface area contributed by atoms with Crippen LogP contribution in [-0.2, 0) is 9.47 Å². The maximum atomic E-state index is 11.7. The summed E-state index contributed by atoms with van der Waals surface area (Å²) in [6.07, 6.45) is 8.07. The third-order valence-corrected chi connectivity index (χ3v) is 3.79. The maximum absolute atomic E-state index is 11.7. The fourth-order valence-electron chi connectivity index (χ4n) is 2.36. The molecule has 136 valence electrons. The van der Waals surface area contributed by atoms with Crippen molar-refractivity contribution < 1.29 is 19.1 Å². The molecule has 4 heteroatoms. The van der Waals surface area contributed by atoms with E-state index in [0.717, 1.165) is 32.1 Å². The van der Waals surface area contributed by atoms with Crippen LogP contribution in [0.3, 0.4) is 0 Å². The Bertz CT molecular complexity index is 693. The molecule has 2 aromatic rings. The zero-order valence-corrected chi connectivity index (χ0v) is 14.8. The molecule has 4 nitrogen and oxygen atoms in total. The summed E-state index contributed by atoms with van der Waals surface area (Å²) >= 11 is 0. The fourth-order valence-corrected chi connectivity index (χ4v) is 2.36. The molecule has 0 bridgehead atoms. The molecule has 0 aliphatic rings. The van der Waals surface area contributed by atoms with Crippen molar-refractivity contribution in [1.82, 2.24) is 0 Å². The summed E-state index contributed by atoms with van der Waals surface area (Å²) in [6.45, 7) is 0.443. The van der Waals surface area contributed by atoms with Gasteiger partial charge in [-0.15, -0.1) is 0 Å². The van der Waals surface area contributed by atoms with Crippen molar-refractivity contribution >= 4 is 11.9 Å². The average Bonchev–Trinajstić information content (AvgIpc) is 2.70. The fraction of sp³-hybridized carbons (Fsp3) is 0.273. The first-order valence-corrected chi connectivity index (χ1v) is 8.90. The van der Waals surface area contributed by atoms with Gasteiger partial charge in [0.05, 0.1) is 24.0 Å². The van der Waals surface area contributed by atoms with Crippen molar-refractivity contribution in [3.05, 3.63) is 84.1 Å². The molecule has 0 aromatic heterocycles. The van der Waals surface area contributed by atoms with Gasteiger partial charge in [0, 0.05) is 0 Å². The monoisotopic (exact) mass is 352 g/mol. The maximum Gasteiger partial charge on any atom is 0.342 e. The van der Waals surface area contributed by atoms with Gasteiger partial charge in [-0.25, -0.2) is 9.59 Å². The number of hydrogen-bond donors (Lipinski definition) is 0. The Labute approximate surface area is 154 Å². The van der Waals surface area contributed by atoms with Crippen molar-refractivity contribution in [3.63, 3.8) is 0 Å². The molecule has 0 spiro atoms. The molecular weight excluding hydrogens is 328 g/mol. The van der Waals surface area contributed by atoms with Gasteiger partial charge in [0.25, 0.3) is 0 Å². The number of benzene rings is 2. The second kappa shape index (κ2) is 11.6. The second-order valence-corrected chi connectivity index (χ2v) is 5.85. The molecule has 0 saturated heterocycles. The lowest BCUT2D eigenvalue weighted by atomic mass is 10.1. The van der Waals surface area contributed by atoms with E-state index in [1.807, 2.05) is 30.3 Å². The molecule has 0 aliphatic heterocycles. The number of carbonyl (C=O) groups is 2. The smallest absolute Gasteiger partial charge is 0.342 e. The van der Waals surface area contributed by atoms with Crippen LogP contribution in [0.5, 0.6) is 0 Å². The Hall–Kier alpha value is -2.88. The van der Waals surface area contributed by atoms with E-state index >= 15 is 0 Å². The van der Waals surface area contributed by atoms with Gasteiger partial charge in [-0.05, 0) is 49.6 Å². The van der Waals surface area contributed by atoms with Crippen molar-refractivity contribution in [2.45, 2.75) is 32.1 Å². The topological polar surface area (TPSA) is 52.6 Å². The second-order valence-electron chi connectivity index (χ2n) is 5.85. The van der Waals surface area contributed by atoms with Crippen LogP contribution in [0.15, 0.2) is 73.0 Å². The van der Waals surface area contributed by atoms with Crippen LogP contribution in [0.2, 0.25) is 0 Å². The molecule has 0 unspecified atom stereocenters. The molecule has 2 rings (SSSR count). The lowest BCUT2D eigenvalue weighted by Crippen LogP contribution is -2.06. The SMILES string of the molecule is O=C(OC=CCCCCCCOC(=O)c1ccccc1)c1ccccc1. The summed E-state index contributed by atoms with van der Waals surface area (Å²) in [5, 5.41) is 0. The van der Waals surface area contributed by atoms with Crippen molar-refractivity contribution in [3.8, 4) is 0 Å². The number of esters is 2. The number of hydrogen-bond acceptors (Lipinski definition) is 4. The van der Waals surface area contributed by atoms with Gasteiger partial charge in [0.1, 0.15) is 0 Å². The first-order chi connectivity index (χ1) is 12.8. The highest BCUT2D eigenvalue weighted by Gasteiger charge is 2.05. The molecule has 26 heavy (non-hydrogen) atoms. The van der Waals surface area contributed by atoms with Crippen molar-refractivity contribution in [1.29, 1.82) is 0 Å². The number of unbranched alkanes of at least 4 members (excludes halogenated alkanes) is 4. The highest BCUT2D eigenvalue weighted by atomic mass is 16.5. The van der Waals surface area contributed by atoms with Crippen LogP contribution in [0.1, 0.15) is 52.8 Å². The summed E-state index contributed by atoms with van der Waals surface area (Å²) in [7, 11) is 0. The zero-order chi connectivity index (χ0) is 18.5. The molecule has 0 atom stereocenters. The van der Waals surface area contributed by atoms with Crippen LogP contribution in [-0.4, -0.2) is 18.5 Å². The standard InChI is InChI=1S/C22H24O4/c23-21(19-13-7-5-8-14-19)25-17-11-3-1-2-4-12-18-26-22(24)20-15-9-6-10-16-20/h5-11,13-17H,1-4,12,18H2. The van der Waals surface area contributed by atoms with E-state index in [1.165, 1.54) is 6.26 Å². The molecular formula is C22H24O4. The van der Waals surface area contributed by atoms with Gasteiger partial charge >= 0.3 is 11.9 Å². The van der Waals surface area contributed by atoms with E-state index < -0.39 is 0 Å². The van der Waals surface area contributed by atoms with E-state index in [1.54, 1.807) is 36.4 Å². The molecule has 0 amide bonds. The van der Waals surface area contributed by atoms with E-state index in [9.17, 15) is 9.59 Å². The van der Waals surface area contributed by atoms with Gasteiger partial charge in [0.2, 0.25) is 0 Å². The summed E-state index contributed by atoms with van der Waals surface area (Å²) in [4.78, 5) is 23.4. The average molecular weight is 352 g/mol. The summed E-state index contributed by atoms with van der Waals surface area (Å²) in [5.74, 6) is -0.615. The molecule has 0 fully saturated rings. The molecule has 0 aliphatic carbocycles. The molecule has 0 saturated carbocycles. The van der Waals surface area contributed by atoms with Gasteiger partial charge in [-0.1, -0.05) is 49.2 Å². The Kier molecular flexibility index (Phi) is 8.70. The lowest BCUT2D eigenvalue weighted by Gasteiger charge is -2.04. The minimum atomic E-state index is -0.345. The summed E-state index contributed by atoms with van der Waals surface area (Å²) in [6, 6.07) is 17.9. The van der Waals surface area contributed by atoms with E-state index in [2.05, 4.69) is 0 Å². The molecule has 0 N–H and O–H groups in total. The van der Waals surface area contributed by atoms with Crippen LogP contribution in [0.25, 0.3) is 0 Å². The quantitative estimate of drug-likeness (QED) is 0.336. The van der Waals surface area contributed by atoms with Gasteiger partial charge in [-0.2, -0.15) is 0 Å². The third kappa shape index (κ3) is 7.34. The third-order valence-electron chi connectivity index (χ3n) is 3.79. The van der Waals surface area contributed by atoms with Crippen molar-refractivity contribution in [2.24, 2.45) is 0 Å². The minimum absolute atomic E-state index is 0.270. The molecule has 2 aromatic carbocycles. The van der Waals surface area contributed by atoms with Crippen LogP contribution in [0.4, 0.5) is 0 Å². The predicted molar refractivity (Wildman–Crippen MR) is 101 cm³/mol. The van der Waals surface area contributed by atoms with Crippen LogP contribution >= 0.6 is 0 Å². The van der Waals surface area contributed by atoms with E-state index in [4.69, 9.17) is 9.47 Å². The number of rotatable bonds is 10. The first-order valence-electron chi connectivity index (χ1n) is 8.90. The van der Waals surface area contributed by atoms with E-state index in [0.29, 0.717) is 17.7 Å². The van der Waals surface area contributed by atoms with Gasteiger partial charge in [-0.3, -0.25) is 0 Å². The summed E-state index contributed by atoms with van der Waals surface area (Å²) in [5.41, 5.74) is 1.13. The largest absolute Gasteiger partial charge is 0.462 e. The van der Waals surface area contributed by atoms with Crippen LogP contribution in [0, 0.1) is 0 Å². The molecule has 0 heterocycles. The summed E-state index contributed by atoms with van der Waals surface area (Å²) < 4.78 is 10.3. The lowest BCUT2D eigenvalue weighted by molar-refractivity contribution is 0.0497. The van der Waals surface area contributed by atoms with E-state index in [-0.39, 0.29) is 11.9 Å². The number of ether oxygens (including phenoxy) is 2. The normalized spacial score (nSPS) is 10.6. The predicted octanol–water partition coefficient (Wildman–Crippen LogP) is 5.16. The Morgan fingerprint density at radius 1 is 0.731 bits per heavy atom. The minimum Gasteiger partial charge on any atom is -0.462 e. The first kappa shape index (κ1) is 19.4. The van der Waals surface area contributed by atoms with Gasteiger partial charge < -0.3 is 9.47 Å². The highest BCUT2D eigenvalue weighted by Crippen LogP contribution is 2.07. The Morgan fingerprint density at radius 3 is 1.96 bits per heavy atom.